The standard InChI is InChI=1S/C15H23FO2/c1-3-4-5-9-15(16,10-11-17)13-7-6-8-14(12-13)18-2/h6-8,12,17H,3-5,9-11H2,1-2H3/t15-/m1/s1. The summed E-state index contributed by atoms with van der Waals surface area (Å²) in [5.41, 5.74) is -0.842. The van der Waals surface area contributed by atoms with Gasteiger partial charge in [-0.1, -0.05) is 31.9 Å². The molecule has 102 valence electrons. The van der Waals surface area contributed by atoms with E-state index in [4.69, 9.17) is 9.84 Å². The lowest BCUT2D eigenvalue weighted by molar-refractivity contribution is 0.0993. The number of aliphatic hydroxyl groups excluding tert-OH is 1. The van der Waals surface area contributed by atoms with Gasteiger partial charge in [-0.2, -0.15) is 0 Å². The van der Waals surface area contributed by atoms with Gasteiger partial charge in [-0.15, -0.1) is 0 Å². The van der Waals surface area contributed by atoms with Crippen LogP contribution in [0.1, 0.15) is 44.6 Å². The highest BCUT2D eigenvalue weighted by molar-refractivity contribution is 5.32. The van der Waals surface area contributed by atoms with Gasteiger partial charge in [0.25, 0.3) is 0 Å². The van der Waals surface area contributed by atoms with Crippen LogP contribution in [0.5, 0.6) is 5.75 Å². The number of methoxy groups -OCH3 is 1. The summed E-state index contributed by atoms with van der Waals surface area (Å²) in [5, 5.41) is 9.07. The molecular weight excluding hydrogens is 231 g/mol. The normalized spacial score (nSPS) is 14.2. The van der Waals surface area contributed by atoms with E-state index in [2.05, 4.69) is 6.92 Å². The minimum absolute atomic E-state index is 0.139. The second kappa shape index (κ2) is 7.37. The molecular formula is C15H23FO2. The molecule has 0 fully saturated rings. The number of halogens is 1. The first-order chi connectivity index (χ1) is 8.66. The molecule has 1 N–H and O–H groups in total. The van der Waals surface area contributed by atoms with Crippen LogP contribution in [-0.4, -0.2) is 18.8 Å². The van der Waals surface area contributed by atoms with Gasteiger partial charge in [-0.05, 0) is 30.5 Å². The number of hydrogen-bond donors (Lipinski definition) is 1. The fourth-order valence-electron chi connectivity index (χ4n) is 2.15. The average Bonchev–Trinajstić information content (AvgIpc) is 2.39. The zero-order chi connectivity index (χ0) is 13.4. The van der Waals surface area contributed by atoms with Gasteiger partial charge in [-0.25, -0.2) is 4.39 Å². The molecule has 3 heteroatoms. The highest BCUT2D eigenvalue weighted by Gasteiger charge is 2.31. The largest absolute Gasteiger partial charge is 0.497 e. The third-order valence-corrected chi connectivity index (χ3v) is 3.27. The second-order valence-corrected chi connectivity index (χ2v) is 4.63. The highest BCUT2D eigenvalue weighted by Crippen LogP contribution is 2.36. The molecule has 1 rings (SSSR count). The third-order valence-electron chi connectivity index (χ3n) is 3.27. The van der Waals surface area contributed by atoms with E-state index in [1.54, 1.807) is 31.4 Å². The Labute approximate surface area is 109 Å². The molecule has 0 aromatic heterocycles. The highest BCUT2D eigenvalue weighted by atomic mass is 19.1. The molecule has 2 nitrogen and oxygen atoms in total. The number of hydrogen-bond acceptors (Lipinski definition) is 2. The van der Waals surface area contributed by atoms with E-state index in [0.29, 0.717) is 17.7 Å². The zero-order valence-electron chi connectivity index (χ0n) is 11.3. The fraction of sp³-hybridized carbons (Fsp3) is 0.600. The van der Waals surface area contributed by atoms with E-state index in [1.807, 2.05) is 0 Å². The summed E-state index contributed by atoms with van der Waals surface area (Å²) in [4.78, 5) is 0. The van der Waals surface area contributed by atoms with Crippen LogP contribution < -0.4 is 4.74 Å². The topological polar surface area (TPSA) is 29.5 Å². The molecule has 1 aromatic rings. The van der Waals surface area contributed by atoms with E-state index >= 15 is 0 Å². The lowest BCUT2D eigenvalue weighted by Crippen LogP contribution is -2.22. The lowest BCUT2D eigenvalue weighted by Gasteiger charge is -2.25. The quantitative estimate of drug-likeness (QED) is 0.715. The molecule has 0 bridgehead atoms. The minimum atomic E-state index is -1.45. The zero-order valence-corrected chi connectivity index (χ0v) is 11.3. The Morgan fingerprint density at radius 3 is 2.67 bits per heavy atom. The van der Waals surface area contributed by atoms with Crippen LogP contribution in [0.4, 0.5) is 4.39 Å². The van der Waals surface area contributed by atoms with Gasteiger partial charge >= 0.3 is 0 Å². The first-order valence-corrected chi connectivity index (χ1v) is 6.60. The molecule has 1 atom stereocenters. The number of unbranched alkanes of at least 4 members (excludes halogenated alkanes) is 2. The first kappa shape index (κ1) is 15.0. The Hall–Kier alpha value is -1.09. The van der Waals surface area contributed by atoms with Crippen molar-refractivity contribution in [2.24, 2.45) is 0 Å². The molecule has 0 aliphatic rings. The monoisotopic (exact) mass is 254 g/mol. The minimum Gasteiger partial charge on any atom is -0.497 e. The Bertz CT molecular complexity index is 354. The van der Waals surface area contributed by atoms with Gasteiger partial charge in [0.15, 0.2) is 0 Å². The van der Waals surface area contributed by atoms with Crippen molar-refractivity contribution in [2.75, 3.05) is 13.7 Å². The summed E-state index contributed by atoms with van der Waals surface area (Å²) < 4.78 is 20.1. The second-order valence-electron chi connectivity index (χ2n) is 4.63. The van der Waals surface area contributed by atoms with E-state index in [0.717, 1.165) is 19.3 Å². The Morgan fingerprint density at radius 1 is 1.28 bits per heavy atom. The smallest absolute Gasteiger partial charge is 0.138 e. The SMILES string of the molecule is CCCCC[C@@](F)(CCO)c1cccc(OC)c1. The predicted molar refractivity (Wildman–Crippen MR) is 71.6 cm³/mol. The number of ether oxygens (including phenoxy) is 1. The van der Waals surface area contributed by atoms with E-state index < -0.39 is 5.67 Å². The van der Waals surface area contributed by atoms with E-state index in [9.17, 15) is 4.39 Å². The van der Waals surface area contributed by atoms with Gasteiger partial charge in [0, 0.05) is 13.0 Å². The summed E-state index contributed by atoms with van der Waals surface area (Å²) in [6.07, 6.45) is 3.51. The van der Waals surface area contributed by atoms with Crippen LogP contribution >= 0.6 is 0 Å². The summed E-state index contributed by atoms with van der Waals surface area (Å²) in [7, 11) is 1.57. The molecule has 0 spiro atoms. The molecule has 0 radical (unpaired) electrons. The van der Waals surface area contributed by atoms with Crippen LogP contribution in [0.3, 0.4) is 0 Å². The summed E-state index contributed by atoms with van der Waals surface area (Å²) in [6.45, 7) is 1.96. The molecule has 0 saturated carbocycles. The van der Waals surface area contributed by atoms with Gasteiger partial charge in [0.05, 0.1) is 7.11 Å². The maximum atomic E-state index is 14.9. The number of alkyl halides is 1. The lowest BCUT2D eigenvalue weighted by atomic mass is 9.87. The van der Waals surface area contributed by atoms with E-state index in [1.165, 1.54) is 0 Å². The number of benzene rings is 1. The van der Waals surface area contributed by atoms with Crippen LogP contribution in [0.25, 0.3) is 0 Å². The molecule has 0 heterocycles. The van der Waals surface area contributed by atoms with Crippen molar-refractivity contribution >= 4 is 0 Å². The number of rotatable bonds is 8. The van der Waals surface area contributed by atoms with Crippen molar-refractivity contribution in [3.63, 3.8) is 0 Å². The molecule has 18 heavy (non-hydrogen) atoms. The van der Waals surface area contributed by atoms with Crippen molar-refractivity contribution in [1.82, 2.24) is 0 Å². The fourth-order valence-corrected chi connectivity index (χ4v) is 2.15. The Balaban J connectivity index is 2.86. The molecule has 0 amide bonds. The maximum absolute atomic E-state index is 14.9. The van der Waals surface area contributed by atoms with Crippen molar-refractivity contribution in [1.29, 1.82) is 0 Å². The van der Waals surface area contributed by atoms with Gasteiger partial charge in [0.2, 0.25) is 0 Å². The summed E-state index contributed by atoms with van der Waals surface area (Å²) in [6, 6.07) is 7.08. The van der Waals surface area contributed by atoms with Gasteiger partial charge < -0.3 is 9.84 Å². The molecule has 1 aromatic carbocycles. The molecule has 0 unspecified atom stereocenters. The van der Waals surface area contributed by atoms with Gasteiger partial charge in [0.1, 0.15) is 11.4 Å². The molecule has 0 aliphatic carbocycles. The van der Waals surface area contributed by atoms with Crippen LogP contribution in [0.15, 0.2) is 24.3 Å². The first-order valence-electron chi connectivity index (χ1n) is 6.60. The maximum Gasteiger partial charge on any atom is 0.138 e. The van der Waals surface area contributed by atoms with E-state index in [-0.39, 0.29) is 13.0 Å². The Kier molecular flexibility index (Phi) is 6.13. The Morgan fingerprint density at radius 2 is 2.06 bits per heavy atom. The third kappa shape index (κ3) is 3.98. The summed E-state index contributed by atoms with van der Waals surface area (Å²) in [5.74, 6) is 0.656. The van der Waals surface area contributed by atoms with Crippen molar-refractivity contribution in [2.45, 2.75) is 44.7 Å². The summed E-state index contributed by atoms with van der Waals surface area (Å²) >= 11 is 0. The van der Waals surface area contributed by atoms with Crippen LogP contribution in [-0.2, 0) is 5.67 Å². The molecule has 0 saturated heterocycles. The van der Waals surface area contributed by atoms with Crippen molar-refractivity contribution in [3.05, 3.63) is 29.8 Å². The number of aliphatic hydroxyl groups is 1. The van der Waals surface area contributed by atoms with Crippen LogP contribution in [0.2, 0.25) is 0 Å². The van der Waals surface area contributed by atoms with Gasteiger partial charge in [-0.3, -0.25) is 0 Å². The van der Waals surface area contributed by atoms with Crippen LogP contribution in [0, 0.1) is 0 Å². The molecule has 0 aliphatic heterocycles. The van der Waals surface area contributed by atoms with Crippen molar-refractivity contribution < 1.29 is 14.2 Å². The van der Waals surface area contributed by atoms with Crippen molar-refractivity contribution in [3.8, 4) is 5.75 Å². The predicted octanol–water partition coefficient (Wildman–Crippen LogP) is 3.82. The average molecular weight is 254 g/mol.